The zero-order valence-corrected chi connectivity index (χ0v) is 11.3. The van der Waals surface area contributed by atoms with E-state index in [-0.39, 0.29) is 0 Å². The van der Waals surface area contributed by atoms with E-state index in [9.17, 15) is 0 Å². The predicted molar refractivity (Wildman–Crippen MR) is 71.3 cm³/mol. The summed E-state index contributed by atoms with van der Waals surface area (Å²) in [7, 11) is 0. The molecule has 0 saturated carbocycles. The highest BCUT2D eigenvalue weighted by Gasteiger charge is 2.17. The van der Waals surface area contributed by atoms with Crippen molar-refractivity contribution in [2.75, 3.05) is 32.8 Å². The molecule has 0 bridgehead atoms. The molecule has 3 heteroatoms. The summed E-state index contributed by atoms with van der Waals surface area (Å²) in [5.74, 6) is 0. The Hall–Kier alpha value is -0.120. The van der Waals surface area contributed by atoms with Crippen LogP contribution in [-0.2, 0) is 4.74 Å². The van der Waals surface area contributed by atoms with Crippen LogP contribution in [-0.4, -0.2) is 49.8 Å². The van der Waals surface area contributed by atoms with Gasteiger partial charge in [0.1, 0.15) is 0 Å². The van der Waals surface area contributed by atoms with Crippen LogP contribution in [0.25, 0.3) is 0 Å². The van der Waals surface area contributed by atoms with Crippen molar-refractivity contribution in [2.45, 2.75) is 57.5 Å². The molecule has 1 N–H and O–H groups in total. The number of nitrogens with one attached hydrogen (secondary N) is 1. The minimum atomic E-state index is 0.711. The summed E-state index contributed by atoms with van der Waals surface area (Å²) < 4.78 is 5.37. The quantitative estimate of drug-likeness (QED) is 0.744. The largest absolute Gasteiger partial charge is 0.381 e. The molecular formula is C14H28N2O. The van der Waals surface area contributed by atoms with Crippen molar-refractivity contribution in [1.82, 2.24) is 10.2 Å². The van der Waals surface area contributed by atoms with Crippen molar-refractivity contribution in [1.29, 1.82) is 0 Å². The summed E-state index contributed by atoms with van der Waals surface area (Å²) >= 11 is 0. The molecule has 3 nitrogen and oxygen atoms in total. The first-order chi connectivity index (χ1) is 8.36. The third-order valence-electron chi connectivity index (χ3n) is 4.22. The third-order valence-corrected chi connectivity index (χ3v) is 4.22. The number of likely N-dealkylation sites (tertiary alicyclic amines) is 1. The highest BCUT2D eigenvalue weighted by molar-refractivity contribution is 4.74. The number of hydrogen-bond donors (Lipinski definition) is 1. The van der Waals surface area contributed by atoms with E-state index in [1.165, 1.54) is 58.2 Å². The summed E-state index contributed by atoms with van der Waals surface area (Å²) in [6.07, 6.45) is 7.91. The normalized spacial score (nSPS) is 28.4. The number of hydrogen-bond acceptors (Lipinski definition) is 3. The van der Waals surface area contributed by atoms with Gasteiger partial charge in [0, 0.05) is 25.3 Å². The van der Waals surface area contributed by atoms with Gasteiger partial charge in [-0.25, -0.2) is 0 Å². The van der Waals surface area contributed by atoms with Gasteiger partial charge in [-0.05, 0) is 58.7 Å². The van der Waals surface area contributed by atoms with Crippen LogP contribution in [0.5, 0.6) is 0 Å². The maximum Gasteiger partial charge on any atom is 0.0480 e. The van der Waals surface area contributed by atoms with Gasteiger partial charge in [-0.2, -0.15) is 0 Å². The topological polar surface area (TPSA) is 24.5 Å². The number of ether oxygens (including phenoxy) is 1. The van der Waals surface area contributed by atoms with Gasteiger partial charge >= 0.3 is 0 Å². The average molecular weight is 240 g/mol. The highest BCUT2D eigenvalue weighted by Crippen LogP contribution is 2.16. The van der Waals surface area contributed by atoms with Crippen molar-refractivity contribution in [3.8, 4) is 0 Å². The summed E-state index contributed by atoms with van der Waals surface area (Å²) in [5, 5.41) is 3.67. The van der Waals surface area contributed by atoms with Crippen molar-refractivity contribution < 1.29 is 4.74 Å². The molecule has 100 valence electrons. The van der Waals surface area contributed by atoms with Crippen LogP contribution in [0.3, 0.4) is 0 Å². The molecule has 2 aliphatic rings. The van der Waals surface area contributed by atoms with Crippen LogP contribution in [0.1, 0.15) is 45.4 Å². The molecule has 2 saturated heterocycles. The summed E-state index contributed by atoms with van der Waals surface area (Å²) in [6, 6.07) is 1.52. The van der Waals surface area contributed by atoms with Crippen LogP contribution in [0.15, 0.2) is 0 Å². The monoisotopic (exact) mass is 240 g/mol. The van der Waals surface area contributed by atoms with Gasteiger partial charge in [0.05, 0.1) is 0 Å². The van der Waals surface area contributed by atoms with E-state index in [0.29, 0.717) is 6.04 Å². The fourth-order valence-electron chi connectivity index (χ4n) is 2.98. The lowest BCUT2D eigenvalue weighted by Crippen LogP contribution is -2.40. The van der Waals surface area contributed by atoms with Gasteiger partial charge in [-0.3, -0.25) is 0 Å². The second kappa shape index (κ2) is 7.34. The maximum absolute atomic E-state index is 5.37. The van der Waals surface area contributed by atoms with Crippen molar-refractivity contribution in [2.24, 2.45) is 0 Å². The molecule has 0 aliphatic carbocycles. The number of rotatable bonds is 5. The maximum atomic E-state index is 5.37. The average Bonchev–Trinajstić information content (AvgIpc) is 2.38. The zero-order chi connectivity index (χ0) is 11.9. The van der Waals surface area contributed by atoms with E-state index in [0.717, 1.165) is 19.3 Å². The van der Waals surface area contributed by atoms with Crippen LogP contribution >= 0.6 is 0 Å². The molecule has 0 radical (unpaired) electrons. The van der Waals surface area contributed by atoms with E-state index in [1.54, 1.807) is 0 Å². The summed E-state index contributed by atoms with van der Waals surface area (Å²) in [5.41, 5.74) is 0. The highest BCUT2D eigenvalue weighted by atomic mass is 16.5. The van der Waals surface area contributed by atoms with E-state index >= 15 is 0 Å². The molecule has 0 spiro atoms. The molecular weight excluding hydrogens is 212 g/mol. The fraction of sp³-hybridized carbons (Fsp3) is 1.00. The predicted octanol–water partition coefficient (Wildman–Crippen LogP) is 2.02. The standard InChI is InChI=1S/C14H28N2O/c1-13-5-2-3-9-16(13)10-4-8-15-14-6-11-17-12-7-14/h13-15H,2-12H2,1H3. The molecule has 0 aromatic carbocycles. The fourth-order valence-corrected chi connectivity index (χ4v) is 2.98. The molecule has 1 unspecified atom stereocenters. The lowest BCUT2D eigenvalue weighted by molar-refractivity contribution is 0.0774. The summed E-state index contributed by atoms with van der Waals surface area (Å²) in [6.45, 7) is 8.04. The number of piperidine rings is 1. The van der Waals surface area contributed by atoms with Crippen molar-refractivity contribution in [3.05, 3.63) is 0 Å². The van der Waals surface area contributed by atoms with Crippen molar-refractivity contribution >= 4 is 0 Å². The second-order valence-electron chi connectivity index (χ2n) is 5.58. The molecule has 2 fully saturated rings. The van der Waals surface area contributed by atoms with Gasteiger partial charge < -0.3 is 15.0 Å². The van der Waals surface area contributed by atoms with Gasteiger partial charge in [0.2, 0.25) is 0 Å². The Kier molecular flexibility index (Phi) is 5.75. The van der Waals surface area contributed by atoms with E-state index in [4.69, 9.17) is 4.74 Å². The molecule has 0 aromatic heterocycles. The Labute approximate surface area is 106 Å². The molecule has 1 atom stereocenters. The van der Waals surface area contributed by atoms with Crippen molar-refractivity contribution in [3.63, 3.8) is 0 Å². The van der Waals surface area contributed by atoms with Crippen LogP contribution in [0, 0.1) is 0 Å². The smallest absolute Gasteiger partial charge is 0.0480 e. The third kappa shape index (κ3) is 4.57. The molecule has 2 aliphatic heterocycles. The molecule has 0 amide bonds. The Morgan fingerprint density at radius 3 is 2.76 bits per heavy atom. The Balaban J connectivity index is 1.53. The lowest BCUT2D eigenvalue weighted by atomic mass is 10.0. The Bertz CT molecular complexity index is 204. The Morgan fingerprint density at radius 1 is 1.18 bits per heavy atom. The first-order valence-corrected chi connectivity index (χ1v) is 7.41. The van der Waals surface area contributed by atoms with Gasteiger partial charge in [-0.1, -0.05) is 6.42 Å². The van der Waals surface area contributed by atoms with Gasteiger partial charge in [-0.15, -0.1) is 0 Å². The van der Waals surface area contributed by atoms with E-state index < -0.39 is 0 Å². The zero-order valence-electron chi connectivity index (χ0n) is 11.3. The first kappa shape index (κ1) is 13.3. The second-order valence-corrected chi connectivity index (χ2v) is 5.58. The summed E-state index contributed by atoms with van der Waals surface area (Å²) in [4.78, 5) is 2.66. The molecule has 0 aromatic rings. The Morgan fingerprint density at radius 2 is 2.00 bits per heavy atom. The SMILES string of the molecule is CC1CCCCN1CCCNC1CCOCC1. The first-order valence-electron chi connectivity index (χ1n) is 7.41. The van der Waals surface area contributed by atoms with Crippen LogP contribution in [0.2, 0.25) is 0 Å². The van der Waals surface area contributed by atoms with Gasteiger partial charge in [0.15, 0.2) is 0 Å². The number of nitrogens with zero attached hydrogens (tertiary/aromatic N) is 1. The minimum absolute atomic E-state index is 0.711. The minimum Gasteiger partial charge on any atom is -0.381 e. The van der Waals surface area contributed by atoms with E-state index in [2.05, 4.69) is 17.1 Å². The molecule has 2 heterocycles. The lowest BCUT2D eigenvalue weighted by Gasteiger charge is -2.33. The van der Waals surface area contributed by atoms with E-state index in [1.807, 2.05) is 0 Å². The molecule has 2 rings (SSSR count). The van der Waals surface area contributed by atoms with Crippen LogP contribution in [0.4, 0.5) is 0 Å². The molecule has 17 heavy (non-hydrogen) atoms. The van der Waals surface area contributed by atoms with Crippen LogP contribution < -0.4 is 5.32 Å². The van der Waals surface area contributed by atoms with Gasteiger partial charge in [0.25, 0.3) is 0 Å².